The van der Waals surface area contributed by atoms with E-state index < -0.39 is 0 Å². The van der Waals surface area contributed by atoms with Crippen molar-refractivity contribution in [3.05, 3.63) is 58.2 Å². The number of para-hydroxylation sites is 1. The first kappa shape index (κ1) is 16.4. The molecule has 24 heavy (non-hydrogen) atoms. The summed E-state index contributed by atoms with van der Waals surface area (Å²) in [7, 11) is 3.19. The minimum absolute atomic E-state index is 0.181. The van der Waals surface area contributed by atoms with Gasteiger partial charge in [-0.05, 0) is 39.7 Å². The van der Waals surface area contributed by atoms with Gasteiger partial charge in [-0.2, -0.15) is 0 Å². The molecular weight excluding hydrogens is 372 g/mol. The van der Waals surface area contributed by atoms with Gasteiger partial charge in [0, 0.05) is 23.5 Å². The summed E-state index contributed by atoms with van der Waals surface area (Å²) in [6.07, 6.45) is 0. The van der Waals surface area contributed by atoms with Crippen molar-refractivity contribution in [1.82, 2.24) is 10.3 Å². The molecule has 1 amide bonds. The number of ether oxygens (including phenoxy) is 2. The van der Waals surface area contributed by atoms with Crippen LogP contribution in [0.3, 0.4) is 0 Å². The Bertz CT molecular complexity index is 867. The summed E-state index contributed by atoms with van der Waals surface area (Å²) in [6.45, 7) is 0.369. The molecule has 124 valence electrons. The first-order valence-corrected chi connectivity index (χ1v) is 8.18. The highest BCUT2D eigenvalue weighted by atomic mass is 79.9. The van der Waals surface area contributed by atoms with Crippen LogP contribution in [-0.2, 0) is 6.54 Å². The van der Waals surface area contributed by atoms with E-state index in [2.05, 4.69) is 26.2 Å². The number of methoxy groups -OCH3 is 2. The number of hydrogen-bond donors (Lipinski definition) is 2. The van der Waals surface area contributed by atoms with Crippen molar-refractivity contribution in [2.75, 3.05) is 14.2 Å². The van der Waals surface area contributed by atoms with Gasteiger partial charge in [0.2, 0.25) is 0 Å². The summed E-state index contributed by atoms with van der Waals surface area (Å²) in [5.41, 5.74) is 2.32. The largest absolute Gasteiger partial charge is 0.497 e. The molecule has 1 aromatic heterocycles. The van der Waals surface area contributed by atoms with Crippen LogP contribution in [0.4, 0.5) is 0 Å². The third-order valence-corrected chi connectivity index (χ3v) is 4.56. The summed E-state index contributed by atoms with van der Waals surface area (Å²) in [5.74, 6) is 1.19. The van der Waals surface area contributed by atoms with Crippen LogP contribution < -0.4 is 14.8 Å². The van der Waals surface area contributed by atoms with E-state index in [1.54, 1.807) is 20.3 Å². The molecule has 2 aromatic carbocycles. The van der Waals surface area contributed by atoms with E-state index in [0.717, 1.165) is 20.9 Å². The molecule has 3 aromatic rings. The van der Waals surface area contributed by atoms with E-state index >= 15 is 0 Å². The van der Waals surface area contributed by atoms with Crippen LogP contribution in [-0.4, -0.2) is 25.1 Å². The molecule has 0 radical (unpaired) electrons. The maximum absolute atomic E-state index is 12.5. The van der Waals surface area contributed by atoms with Crippen LogP contribution >= 0.6 is 15.9 Å². The summed E-state index contributed by atoms with van der Waals surface area (Å²) in [4.78, 5) is 15.6. The molecule has 1 heterocycles. The van der Waals surface area contributed by atoms with Gasteiger partial charge in [-0.1, -0.05) is 18.2 Å². The normalized spacial score (nSPS) is 10.6. The highest BCUT2D eigenvalue weighted by molar-refractivity contribution is 9.10. The third-order valence-electron chi connectivity index (χ3n) is 3.73. The molecule has 0 unspecified atom stereocenters. The van der Waals surface area contributed by atoms with Crippen LogP contribution in [0.5, 0.6) is 11.5 Å². The number of carbonyl (C=O) groups is 1. The number of aromatic amines is 1. The van der Waals surface area contributed by atoms with Crippen LogP contribution in [0, 0.1) is 0 Å². The predicted octanol–water partition coefficient (Wildman–Crippen LogP) is 3.88. The van der Waals surface area contributed by atoms with E-state index in [9.17, 15) is 4.79 Å². The number of carbonyl (C=O) groups excluding carboxylic acids is 1. The molecule has 0 aliphatic carbocycles. The topological polar surface area (TPSA) is 63.3 Å². The monoisotopic (exact) mass is 388 g/mol. The summed E-state index contributed by atoms with van der Waals surface area (Å²) in [6, 6.07) is 13.3. The number of rotatable bonds is 5. The van der Waals surface area contributed by atoms with Gasteiger partial charge in [-0.25, -0.2) is 0 Å². The highest BCUT2D eigenvalue weighted by Crippen LogP contribution is 2.28. The van der Waals surface area contributed by atoms with Crippen molar-refractivity contribution < 1.29 is 14.3 Å². The van der Waals surface area contributed by atoms with Crippen molar-refractivity contribution in [1.29, 1.82) is 0 Å². The number of halogens is 1. The first-order valence-electron chi connectivity index (χ1n) is 7.38. The van der Waals surface area contributed by atoms with Gasteiger partial charge >= 0.3 is 0 Å². The number of nitrogens with one attached hydrogen (secondary N) is 2. The van der Waals surface area contributed by atoms with Gasteiger partial charge < -0.3 is 19.8 Å². The Kier molecular flexibility index (Phi) is 4.76. The van der Waals surface area contributed by atoms with Crippen molar-refractivity contribution in [2.45, 2.75) is 6.54 Å². The highest BCUT2D eigenvalue weighted by Gasteiger charge is 2.15. The summed E-state index contributed by atoms with van der Waals surface area (Å²) in [5, 5.41) is 3.89. The van der Waals surface area contributed by atoms with E-state index in [1.807, 2.05) is 36.4 Å². The second-order valence-electron chi connectivity index (χ2n) is 5.26. The predicted molar refractivity (Wildman–Crippen MR) is 96.7 cm³/mol. The lowest BCUT2D eigenvalue weighted by atomic mass is 10.2. The second kappa shape index (κ2) is 6.97. The first-order chi connectivity index (χ1) is 11.6. The van der Waals surface area contributed by atoms with Crippen LogP contribution in [0.2, 0.25) is 0 Å². The van der Waals surface area contributed by atoms with Gasteiger partial charge in [0.15, 0.2) is 0 Å². The van der Waals surface area contributed by atoms with Crippen molar-refractivity contribution in [3.8, 4) is 11.5 Å². The zero-order chi connectivity index (χ0) is 17.1. The fraction of sp³-hybridized carbons (Fsp3) is 0.167. The average molecular weight is 389 g/mol. The molecule has 6 heteroatoms. The smallest absolute Gasteiger partial charge is 0.269 e. The Hall–Kier alpha value is -2.47. The zero-order valence-corrected chi connectivity index (χ0v) is 14.9. The summed E-state index contributed by atoms with van der Waals surface area (Å²) >= 11 is 3.49. The molecule has 0 spiro atoms. The second-order valence-corrected chi connectivity index (χ2v) is 6.06. The molecule has 5 nitrogen and oxygen atoms in total. The van der Waals surface area contributed by atoms with E-state index in [4.69, 9.17) is 9.47 Å². The Morgan fingerprint density at radius 2 is 1.79 bits per heavy atom. The number of hydrogen-bond acceptors (Lipinski definition) is 3. The molecule has 0 aliphatic heterocycles. The maximum atomic E-state index is 12.5. The number of benzene rings is 2. The molecule has 3 rings (SSSR count). The van der Waals surface area contributed by atoms with Crippen LogP contribution in [0.1, 0.15) is 16.1 Å². The lowest BCUT2D eigenvalue weighted by Crippen LogP contribution is -2.23. The van der Waals surface area contributed by atoms with Gasteiger partial charge in [-0.3, -0.25) is 4.79 Å². The van der Waals surface area contributed by atoms with E-state index in [1.165, 1.54) is 0 Å². The number of amides is 1. The van der Waals surface area contributed by atoms with Gasteiger partial charge in [0.05, 0.1) is 18.7 Å². The molecule has 0 saturated heterocycles. The molecule has 0 atom stereocenters. The molecule has 0 fully saturated rings. The number of fused-ring (bicyclic) bond motifs is 1. The molecule has 0 aliphatic rings. The zero-order valence-electron chi connectivity index (χ0n) is 13.4. The minimum Gasteiger partial charge on any atom is -0.497 e. The lowest BCUT2D eigenvalue weighted by Gasteiger charge is -2.09. The van der Waals surface area contributed by atoms with Crippen LogP contribution in [0.25, 0.3) is 10.9 Å². The van der Waals surface area contributed by atoms with Crippen molar-refractivity contribution in [2.24, 2.45) is 0 Å². The summed E-state index contributed by atoms with van der Waals surface area (Å²) < 4.78 is 11.2. The van der Waals surface area contributed by atoms with E-state index in [-0.39, 0.29) is 5.91 Å². The Morgan fingerprint density at radius 1 is 1.12 bits per heavy atom. The Balaban J connectivity index is 1.78. The fourth-order valence-corrected chi connectivity index (χ4v) is 3.13. The minimum atomic E-state index is -0.181. The molecule has 0 saturated carbocycles. The number of H-pyrrole nitrogens is 1. The van der Waals surface area contributed by atoms with Crippen molar-refractivity contribution in [3.63, 3.8) is 0 Å². The average Bonchev–Trinajstić information content (AvgIpc) is 2.96. The molecule has 2 N–H and O–H groups in total. The van der Waals surface area contributed by atoms with Crippen LogP contribution in [0.15, 0.2) is 46.9 Å². The fourth-order valence-electron chi connectivity index (χ4n) is 2.50. The number of aromatic nitrogens is 1. The Morgan fingerprint density at radius 3 is 2.42 bits per heavy atom. The standard InChI is InChI=1S/C18H17BrN2O3/c1-23-12-7-11(8-13(9-12)24-2)10-20-18(22)17-16(19)14-5-3-4-6-15(14)21-17/h3-9,21H,10H2,1-2H3,(H,20,22). The third kappa shape index (κ3) is 3.23. The molecule has 0 bridgehead atoms. The van der Waals surface area contributed by atoms with Gasteiger partial charge in [0.25, 0.3) is 5.91 Å². The van der Waals surface area contributed by atoms with Crippen molar-refractivity contribution >= 4 is 32.7 Å². The molecular formula is C18H17BrN2O3. The maximum Gasteiger partial charge on any atom is 0.269 e. The Labute approximate surface area is 148 Å². The lowest BCUT2D eigenvalue weighted by molar-refractivity contribution is 0.0946. The van der Waals surface area contributed by atoms with Gasteiger partial charge in [-0.15, -0.1) is 0 Å². The SMILES string of the molecule is COc1cc(CNC(=O)c2[nH]c3ccccc3c2Br)cc(OC)c1. The van der Waals surface area contributed by atoms with Gasteiger partial charge in [0.1, 0.15) is 17.2 Å². The quantitative estimate of drug-likeness (QED) is 0.696. The van der Waals surface area contributed by atoms with E-state index in [0.29, 0.717) is 23.7 Å².